The zero-order valence-electron chi connectivity index (χ0n) is 7.96. The van der Waals surface area contributed by atoms with Crippen molar-refractivity contribution in [1.82, 2.24) is 10.2 Å². The highest BCUT2D eigenvalue weighted by atomic mass is 19.1. The van der Waals surface area contributed by atoms with Gasteiger partial charge in [-0.2, -0.15) is 5.10 Å². The van der Waals surface area contributed by atoms with Gasteiger partial charge in [0.1, 0.15) is 5.82 Å². The molecule has 1 aromatic carbocycles. The first-order valence-electron chi connectivity index (χ1n) is 4.93. The smallest absolute Gasteiger partial charge is 0.267 e. The third kappa shape index (κ3) is 1.25. The molecule has 1 aliphatic rings. The van der Waals surface area contributed by atoms with E-state index in [1.54, 1.807) is 12.1 Å². The Bertz CT molecular complexity index is 587. The largest absolute Gasteiger partial charge is 0.272 e. The molecule has 0 atom stereocenters. The van der Waals surface area contributed by atoms with Crippen LogP contribution in [0.1, 0.15) is 24.3 Å². The summed E-state index contributed by atoms with van der Waals surface area (Å²) in [6, 6.07) is 3.39. The van der Waals surface area contributed by atoms with E-state index in [-0.39, 0.29) is 11.4 Å². The van der Waals surface area contributed by atoms with Crippen LogP contribution in [0.15, 0.2) is 23.1 Å². The minimum atomic E-state index is -0.339. The summed E-state index contributed by atoms with van der Waals surface area (Å²) in [5, 5.41) is 6.60. The first-order valence-corrected chi connectivity index (χ1v) is 4.93. The molecule has 0 amide bonds. The summed E-state index contributed by atoms with van der Waals surface area (Å²) >= 11 is 0. The van der Waals surface area contributed by atoms with E-state index in [4.69, 9.17) is 0 Å². The second kappa shape index (κ2) is 2.89. The Morgan fingerprint density at radius 2 is 2.13 bits per heavy atom. The number of aromatic amines is 1. The van der Waals surface area contributed by atoms with E-state index < -0.39 is 0 Å². The summed E-state index contributed by atoms with van der Waals surface area (Å²) in [7, 11) is 0. The maximum absolute atomic E-state index is 13.9. The Balaban J connectivity index is 2.37. The lowest BCUT2D eigenvalue weighted by atomic mass is 10.1. The Kier molecular flexibility index (Phi) is 1.65. The van der Waals surface area contributed by atoms with Crippen molar-refractivity contribution in [3.63, 3.8) is 0 Å². The summed E-state index contributed by atoms with van der Waals surface area (Å²) in [5.74, 6) is 0.0577. The van der Waals surface area contributed by atoms with Gasteiger partial charge in [-0.3, -0.25) is 4.79 Å². The molecule has 0 unspecified atom stereocenters. The van der Waals surface area contributed by atoms with Crippen LogP contribution in [0.2, 0.25) is 0 Å². The molecule has 1 N–H and O–H groups in total. The molecule has 3 rings (SSSR count). The van der Waals surface area contributed by atoms with Crippen LogP contribution < -0.4 is 5.56 Å². The monoisotopic (exact) mass is 204 g/mol. The van der Waals surface area contributed by atoms with Gasteiger partial charge in [0.25, 0.3) is 5.56 Å². The molecule has 2 aromatic rings. The van der Waals surface area contributed by atoms with E-state index in [9.17, 15) is 9.18 Å². The molecule has 4 heteroatoms. The Morgan fingerprint density at radius 1 is 1.33 bits per heavy atom. The van der Waals surface area contributed by atoms with Crippen LogP contribution in [-0.2, 0) is 0 Å². The van der Waals surface area contributed by atoms with E-state index in [1.165, 1.54) is 6.20 Å². The van der Waals surface area contributed by atoms with Crippen LogP contribution in [0.25, 0.3) is 10.8 Å². The molecule has 76 valence electrons. The predicted octanol–water partition coefficient (Wildman–Crippen LogP) is 1.94. The number of H-pyrrole nitrogens is 1. The van der Waals surface area contributed by atoms with Gasteiger partial charge in [-0.15, -0.1) is 0 Å². The topological polar surface area (TPSA) is 45.8 Å². The number of fused-ring (bicyclic) bond motifs is 1. The maximum atomic E-state index is 13.9. The summed E-state index contributed by atoms with van der Waals surface area (Å²) in [5.41, 5.74) is 0.378. The Hall–Kier alpha value is -1.71. The summed E-state index contributed by atoms with van der Waals surface area (Å²) < 4.78 is 13.9. The van der Waals surface area contributed by atoms with Crippen LogP contribution in [0.4, 0.5) is 4.39 Å². The van der Waals surface area contributed by atoms with E-state index in [2.05, 4.69) is 10.2 Å². The standard InChI is InChI=1S/C11H9FN2O/c12-10-7(6-1-2-6)3-4-8-9(10)5-13-14-11(8)15/h3-6H,1-2H2,(H,14,15). The number of hydrogen-bond donors (Lipinski definition) is 1. The van der Waals surface area contributed by atoms with Crippen LogP contribution in [0.3, 0.4) is 0 Å². The van der Waals surface area contributed by atoms with Crippen molar-refractivity contribution < 1.29 is 4.39 Å². The number of hydrogen-bond acceptors (Lipinski definition) is 2. The average Bonchev–Trinajstić information content (AvgIpc) is 3.03. The van der Waals surface area contributed by atoms with E-state index in [0.717, 1.165) is 18.4 Å². The molecule has 15 heavy (non-hydrogen) atoms. The van der Waals surface area contributed by atoms with Crippen LogP contribution >= 0.6 is 0 Å². The summed E-state index contributed by atoms with van der Waals surface area (Å²) in [6.07, 6.45) is 3.45. The predicted molar refractivity (Wildman–Crippen MR) is 54.3 cm³/mol. The molecule has 1 heterocycles. The molecule has 3 nitrogen and oxygen atoms in total. The molecule has 1 fully saturated rings. The molecule has 0 radical (unpaired) electrons. The zero-order valence-corrected chi connectivity index (χ0v) is 7.96. The number of rotatable bonds is 1. The van der Waals surface area contributed by atoms with Crippen molar-refractivity contribution in [2.75, 3.05) is 0 Å². The van der Waals surface area contributed by atoms with Crippen molar-refractivity contribution in [2.24, 2.45) is 0 Å². The lowest BCUT2D eigenvalue weighted by Gasteiger charge is -2.03. The van der Waals surface area contributed by atoms with Crippen LogP contribution in [-0.4, -0.2) is 10.2 Å². The number of nitrogens with one attached hydrogen (secondary N) is 1. The Labute approximate surface area is 84.9 Å². The molecule has 0 aliphatic heterocycles. The molecule has 0 spiro atoms. The number of aromatic nitrogens is 2. The summed E-state index contributed by atoms with van der Waals surface area (Å²) in [4.78, 5) is 11.3. The van der Waals surface area contributed by atoms with Gasteiger partial charge < -0.3 is 0 Å². The maximum Gasteiger partial charge on any atom is 0.272 e. The third-order valence-corrected chi connectivity index (χ3v) is 2.83. The van der Waals surface area contributed by atoms with E-state index in [0.29, 0.717) is 16.7 Å². The van der Waals surface area contributed by atoms with Crippen molar-refractivity contribution in [3.8, 4) is 0 Å². The fraction of sp³-hybridized carbons (Fsp3) is 0.273. The van der Waals surface area contributed by atoms with Gasteiger partial charge in [-0.05, 0) is 30.4 Å². The minimum absolute atomic E-state index is 0.284. The van der Waals surface area contributed by atoms with Crippen molar-refractivity contribution >= 4 is 10.8 Å². The normalized spacial score (nSPS) is 15.8. The lowest BCUT2D eigenvalue weighted by molar-refractivity contribution is 0.622. The number of nitrogens with zero attached hydrogens (tertiary/aromatic N) is 1. The fourth-order valence-corrected chi connectivity index (χ4v) is 1.86. The first-order chi connectivity index (χ1) is 7.27. The summed E-state index contributed by atoms with van der Waals surface area (Å²) in [6.45, 7) is 0. The molecule has 0 bridgehead atoms. The van der Waals surface area contributed by atoms with Gasteiger partial charge in [-0.1, -0.05) is 6.07 Å². The fourth-order valence-electron chi connectivity index (χ4n) is 1.86. The van der Waals surface area contributed by atoms with Crippen molar-refractivity contribution in [3.05, 3.63) is 40.1 Å². The SMILES string of the molecule is O=c1[nH]ncc2c(F)c(C3CC3)ccc12. The highest BCUT2D eigenvalue weighted by Crippen LogP contribution is 2.42. The minimum Gasteiger partial charge on any atom is -0.267 e. The first kappa shape index (κ1) is 8.59. The molecular weight excluding hydrogens is 195 g/mol. The van der Waals surface area contributed by atoms with E-state index >= 15 is 0 Å². The van der Waals surface area contributed by atoms with Crippen molar-refractivity contribution in [1.29, 1.82) is 0 Å². The third-order valence-electron chi connectivity index (χ3n) is 2.83. The molecule has 1 saturated carbocycles. The Morgan fingerprint density at radius 3 is 2.87 bits per heavy atom. The number of benzene rings is 1. The van der Waals surface area contributed by atoms with Gasteiger partial charge in [0.15, 0.2) is 0 Å². The van der Waals surface area contributed by atoms with Gasteiger partial charge in [-0.25, -0.2) is 9.49 Å². The van der Waals surface area contributed by atoms with Crippen molar-refractivity contribution in [2.45, 2.75) is 18.8 Å². The zero-order chi connectivity index (χ0) is 10.4. The molecule has 0 saturated heterocycles. The molecular formula is C11H9FN2O. The van der Waals surface area contributed by atoms with Crippen LogP contribution in [0, 0.1) is 5.82 Å². The van der Waals surface area contributed by atoms with Gasteiger partial charge in [0.2, 0.25) is 0 Å². The highest BCUT2D eigenvalue weighted by Gasteiger charge is 2.27. The van der Waals surface area contributed by atoms with Crippen LogP contribution in [0.5, 0.6) is 0 Å². The average molecular weight is 204 g/mol. The van der Waals surface area contributed by atoms with Gasteiger partial charge in [0, 0.05) is 5.39 Å². The second-order valence-electron chi connectivity index (χ2n) is 3.90. The second-order valence-corrected chi connectivity index (χ2v) is 3.90. The number of halogens is 1. The van der Waals surface area contributed by atoms with Gasteiger partial charge >= 0.3 is 0 Å². The lowest BCUT2D eigenvalue weighted by Crippen LogP contribution is -2.08. The molecule has 1 aromatic heterocycles. The van der Waals surface area contributed by atoms with E-state index in [1.807, 2.05) is 0 Å². The molecule has 1 aliphatic carbocycles. The highest BCUT2D eigenvalue weighted by molar-refractivity contribution is 5.82. The van der Waals surface area contributed by atoms with Gasteiger partial charge in [0.05, 0.1) is 11.6 Å². The quantitative estimate of drug-likeness (QED) is 0.771.